The van der Waals surface area contributed by atoms with Gasteiger partial charge in [-0.15, -0.1) is 0 Å². The van der Waals surface area contributed by atoms with Gasteiger partial charge in [0.15, 0.2) is 0 Å². The van der Waals surface area contributed by atoms with Crippen LogP contribution in [0.25, 0.3) is 77.2 Å². The summed E-state index contributed by atoms with van der Waals surface area (Å²) in [6.07, 6.45) is 0. The van der Waals surface area contributed by atoms with E-state index in [0.717, 1.165) is 0 Å². The van der Waals surface area contributed by atoms with E-state index in [9.17, 15) is 0 Å². The van der Waals surface area contributed by atoms with Crippen LogP contribution in [-0.2, 0) is 0 Å². The molecule has 8 aromatic carbocycles. The minimum absolute atomic E-state index is 1.23. The first kappa shape index (κ1) is 33.4. The molecule has 0 aliphatic carbocycles. The van der Waals surface area contributed by atoms with E-state index in [0.29, 0.717) is 0 Å². The minimum Gasteiger partial charge on any atom is -0.0610 e. The molecule has 0 atom stereocenters. The van der Waals surface area contributed by atoms with Gasteiger partial charge in [0, 0.05) is 0 Å². The van der Waals surface area contributed by atoms with E-state index in [1.165, 1.54) is 122 Å². The van der Waals surface area contributed by atoms with Crippen molar-refractivity contribution in [3.63, 3.8) is 0 Å². The zero-order valence-electron chi connectivity index (χ0n) is 31.7. The molecule has 0 aliphatic rings. The van der Waals surface area contributed by atoms with Crippen LogP contribution in [0.15, 0.2) is 133 Å². The molecule has 0 heteroatoms. The molecule has 0 aromatic heterocycles. The van der Waals surface area contributed by atoms with Crippen LogP contribution in [-0.4, -0.2) is 0 Å². The average molecular weight is 671 g/mol. The Morgan fingerprint density at radius 2 is 0.538 bits per heavy atom. The zero-order valence-corrected chi connectivity index (χ0v) is 31.7. The fourth-order valence-electron chi connectivity index (χ4n) is 8.48. The highest BCUT2D eigenvalue weighted by Gasteiger charge is 2.18. The first-order valence-corrected chi connectivity index (χ1v) is 18.5. The number of fused-ring (bicyclic) bond motifs is 2. The summed E-state index contributed by atoms with van der Waals surface area (Å²) >= 11 is 0. The summed E-state index contributed by atoms with van der Waals surface area (Å²) in [4.78, 5) is 0. The molecule has 8 aromatic rings. The van der Waals surface area contributed by atoms with Crippen molar-refractivity contribution >= 4 is 21.5 Å². The number of hydrogen-bond acceptors (Lipinski definition) is 0. The van der Waals surface area contributed by atoms with Crippen LogP contribution < -0.4 is 0 Å². The van der Waals surface area contributed by atoms with Gasteiger partial charge in [0.1, 0.15) is 0 Å². The summed E-state index contributed by atoms with van der Waals surface area (Å²) < 4.78 is 0. The molecular weight excluding hydrogens is 625 g/mol. The van der Waals surface area contributed by atoms with Gasteiger partial charge in [-0.25, -0.2) is 0 Å². The Balaban J connectivity index is 1.49. The second-order valence-corrected chi connectivity index (χ2v) is 15.1. The van der Waals surface area contributed by atoms with Crippen LogP contribution in [0.1, 0.15) is 44.5 Å². The molecular formula is C52H46. The Morgan fingerprint density at radius 1 is 0.231 bits per heavy atom. The van der Waals surface area contributed by atoms with Crippen molar-refractivity contribution in [1.82, 2.24) is 0 Å². The molecule has 0 saturated heterocycles. The van der Waals surface area contributed by atoms with Crippen molar-refractivity contribution in [3.05, 3.63) is 178 Å². The van der Waals surface area contributed by atoms with Gasteiger partial charge in [0.2, 0.25) is 0 Å². The maximum atomic E-state index is 2.45. The summed E-state index contributed by atoms with van der Waals surface area (Å²) in [5.74, 6) is 0. The molecule has 0 radical (unpaired) electrons. The van der Waals surface area contributed by atoms with Gasteiger partial charge in [-0.2, -0.15) is 0 Å². The third-order valence-corrected chi connectivity index (χ3v) is 11.0. The molecule has 0 N–H and O–H groups in total. The SMILES string of the molecule is Cc1ccc(-c2cc(-c3cc(-c4ccc(C)cc4C)c4cccc(-c5ccc(C)cc5C)c4c3)cc3c(-c4ccc(C)cc4C)cccc23)c(C)c1. The Morgan fingerprint density at radius 3 is 0.846 bits per heavy atom. The molecule has 8 rings (SSSR count). The van der Waals surface area contributed by atoms with E-state index in [-0.39, 0.29) is 0 Å². The Bertz CT molecular complexity index is 2510. The first-order valence-electron chi connectivity index (χ1n) is 18.5. The predicted octanol–water partition coefficient (Wildman–Crippen LogP) is 14.8. The van der Waals surface area contributed by atoms with Crippen LogP contribution in [0, 0.1) is 55.4 Å². The Labute approximate surface area is 309 Å². The summed E-state index contributed by atoms with van der Waals surface area (Å²) in [7, 11) is 0. The molecule has 0 aliphatic heterocycles. The third-order valence-electron chi connectivity index (χ3n) is 11.0. The van der Waals surface area contributed by atoms with E-state index in [1.54, 1.807) is 0 Å². The quantitative estimate of drug-likeness (QED) is 0.171. The smallest absolute Gasteiger partial charge is 0.00929 e. The van der Waals surface area contributed by atoms with E-state index in [4.69, 9.17) is 0 Å². The lowest BCUT2D eigenvalue weighted by Gasteiger charge is -2.19. The molecule has 254 valence electrons. The molecule has 0 amide bonds. The highest BCUT2D eigenvalue weighted by Crippen LogP contribution is 2.44. The molecule has 0 unspecified atom stereocenters. The lowest BCUT2D eigenvalue weighted by atomic mass is 9.84. The molecule has 0 fully saturated rings. The minimum atomic E-state index is 1.23. The van der Waals surface area contributed by atoms with Crippen LogP contribution in [0.3, 0.4) is 0 Å². The van der Waals surface area contributed by atoms with Crippen LogP contribution in [0.5, 0.6) is 0 Å². The maximum absolute atomic E-state index is 2.45. The van der Waals surface area contributed by atoms with Gasteiger partial charge in [0.05, 0.1) is 0 Å². The number of benzene rings is 8. The van der Waals surface area contributed by atoms with Crippen LogP contribution in [0.4, 0.5) is 0 Å². The molecule has 52 heavy (non-hydrogen) atoms. The number of rotatable bonds is 5. The Kier molecular flexibility index (Phi) is 8.43. The maximum Gasteiger partial charge on any atom is -0.00929 e. The van der Waals surface area contributed by atoms with Gasteiger partial charge >= 0.3 is 0 Å². The molecule has 0 heterocycles. The van der Waals surface area contributed by atoms with E-state index < -0.39 is 0 Å². The van der Waals surface area contributed by atoms with Crippen molar-refractivity contribution in [1.29, 1.82) is 0 Å². The highest BCUT2D eigenvalue weighted by atomic mass is 14.2. The molecule has 0 saturated carbocycles. The summed E-state index contributed by atoms with van der Waals surface area (Å²) in [5, 5.41) is 5.11. The normalized spacial score (nSPS) is 11.5. The largest absolute Gasteiger partial charge is 0.0610 e. The van der Waals surface area contributed by atoms with Gasteiger partial charge in [-0.3, -0.25) is 0 Å². The van der Waals surface area contributed by atoms with E-state index in [1.807, 2.05) is 0 Å². The van der Waals surface area contributed by atoms with Crippen molar-refractivity contribution in [2.45, 2.75) is 55.4 Å². The fourth-order valence-corrected chi connectivity index (χ4v) is 8.48. The Hall–Kier alpha value is -5.72. The van der Waals surface area contributed by atoms with Gasteiger partial charge in [-0.05, 0) is 179 Å². The fraction of sp³-hybridized carbons (Fsp3) is 0.154. The highest BCUT2D eigenvalue weighted by molar-refractivity contribution is 6.10. The van der Waals surface area contributed by atoms with Crippen molar-refractivity contribution in [2.24, 2.45) is 0 Å². The standard InChI is InChI=1S/C52H46/c1-31-15-19-41(35(5)23-31)45-11-9-13-47-49(43-21-17-33(3)25-37(43)7)27-39(29-51(45)47)40-28-50(44-22-18-34(4)26-38(44)8)48-14-10-12-46(52(48)30-40)42-20-16-32(2)24-36(42)6/h9-30H,1-8H3. The molecule has 0 nitrogen and oxygen atoms in total. The van der Waals surface area contributed by atoms with Gasteiger partial charge in [0.25, 0.3) is 0 Å². The molecule has 0 bridgehead atoms. The van der Waals surface area contributed by atoms with E-state index in [2.05, 4.69) is 189 Å². The van der Waals surface area contributed by atoms with Crippen LogP contribution >= 0.6 is 0 Å². The zero-order chi connectivity index (χ0) is 36.3. The van der Waals surface area contributed by atoms with Gasteiger partial charge in [-0.1, -0.05) is 131 Å². The molecule has 0 spiro atoms. The van der Waals surface area contributed by atoms with E-state index >= 15 is 0 Å². The number of aryl methyl sites for hydroxylation is 8. The predicted molar refractivity (Wildman–Crippen MR) is 227 cm³/mol. The van der Waals surface area contributed by atoms with Crippen molar-refractivity contribution in [3.8, 4) is 55.6 Å². The monoisotopic (exact) mass is 670 g/mol. The second kappa shape index (κ2) is 13.1. The summed E-state index contributed by atoms with van der Waals surface area (Å²) in [6.45, 7) is 17.7. The lowest BCUT2D eigenvalue weighted by molar-refractivity contribution is 1.38. The third kappa shape index (κ3) is 5.93. The first-order chi connectivity index (χ1) is 25.0. The van der Waals surface area contributed by atoms with Crippen molar-refractivity contribution in [2.75, 3.05) is 0 Å². The lowest BCUT2D eigenvalue weighted by Crippen LogP contribution is -1.94. The van der Waals surface area contributed by atoms with Crippen molar-refractivity contribution < 1.29 is 0 Å². The second-order valence-electron chi connectivity index (χ2n) is 15.1. The van der Waals surface area contributed by atoms with Gasteiger partial charge < -0.3 is 0 Å². The topological polar surface area (TPSA) is 0 Å². The number of hydrogen-bond donors (Lipinski definition) is 0. The summed E-state index contributed by atoms with van der Waals surface area (Å²) in [5.41, 5.74) is 23.0. The average Bonchev–Trinajstić information content (AvgIpc) is 3.11. The van der Waals surface area contributed by atoms with Crippen LogP contribution in [0.2, 0.25) is 0 Å². The summed E-state index contributed by atoms with van der Waals surface area (Å²) in [6, 6.07) is 50.9.